The second-order valence-corrected chi connectivity index (χ2v) is 8.32. The summed E-state index contributed by atoms with van der Waals surface area (Å²) in [5.41, 5.74) is 3.53. The van der Waals surface area contributed by atoms with Crippen LogP contribution in [0.1, 0.15) is 17.1 Å². The first-order valence-corrected chi connectivity index (χ1v) is 10.1. The van der Waals surface area contributed by atoms with Crippen molar-refractivity contribution in [2.24, 2.45) is 0 Å². The number of nitrogens with zero attached hydrogens (tertiary/aromatic N) is 5. The number of pyridine rings is 2. The van der Waals surface area contributed by atoms with E-state index in [0.29, 0.717) is 5.69 Å². The first-order valence-electron chi connectivity index (χ1n) is 9.31. The van der Waals surface area contributed by atoms with Crippen LogP contribution in [0, 0.1) is 13.8 Å². The first kappa shape index (κ1) is 17.1. The molecule has 0 unspecified atom stereocenters. The largest absolute Gasteiger partial charge is 0.366 e. The number of carbonyl (C=O) groups excluding carboxylic acids is 1. The van der Waals surface area contributed by atoms with Gasteiger partial charge in [-0.25, -0.2) is 14.8 Å². The Labute approximate surface area is 167 Å². The lowest BCUT2D eigenvalue weighted by molar-refractivity contribution is 0.255. The zero-order valence-corrected chi connectivity index (χ0v) is 16.5. The standard InChI is InChI=1S/C20H20N6OS/c1-12-18(28-13(2)22-12)16-5-6-17-19(24-16)26(15-7-9-25(17)11-15)20(27)23-14-4-3-8-21-10-14/h3-6,8,10,15H,7,9,11H2,1-2H3,(H,23,27)/t15-/m0/s1. The van der Waals surface area contributed by atoms with E-state index in [9.17, 15) is 4.79 Å². The topological polar surface area (TPSA) is 74.2 Å². The fraction of sp³-hybridized carbons (Fsp3) is 0.300. The van der Waals surface area contributed by atoms with Gasteiger partial charge in [0.1, 0.15) is 0 Å². The van der Waals surface area contributed by atoms with E-state index < -0.39 is 0 Å². The molecule has 1 N–H and O–H groups in total. The molecule has 0 saturated carbocycles. The summed E-state index contributed by atoms with van der Waals surface area (Å²) in [5.74, 6) is 0.720. The monoisotopic (exact) mass is 392 g/mol. The van der Waals surface area contributed by atoms with E-state index in [-0.39, 0.29) is 12.1 Å². The van der Waals surface area contributed by atoms with Gasteiger partial charge >= 0.3 is 6.03 Å². The van der Waals surface area contributed by atoms with Gasteiger partial charge < -0.3 is 10.2 Å². The summed E-state index contributed by atoms with van der Waals surface area (Å²) < 4.78 is 0. The van der Waals surface area contributed by atoms with Gasteiger partial charge in [0.05, 0.1) is 44.9 Å². The van der Waals surface area contributed by atoms with E-state index in [1.165, 1.54) is 0 Å². The molecule has 7 nitrogen and oxygen atoms in total. The van der Waals surface area contributed by atoms with E-state index in [0.717, 1.165) is 52.3 Å². The molecule has 1 fully saturated rings. The Hall–Kier alpha value is -3.00. The highest BCUT2D eigenvalue weighted by molar-refractivity contribution is 7.15. The second kappa shape index (κ2) is 6.56. The number of aryl methyl sites for hydroxylation is 2. The van der Waals surface area contributed by atoms with Crippen LogP contribution in [-0.2, 0) is 0 Å². The fourth-order valence-corrected chi connectivity index (χ4v) is 4.88. The molecule has 0 aliphatic carbocycles. The molecule has 2 amide bonds. The predicted molar refractivity (Wildman–Crippen MR) is 111 cm³/mol. The quantitative estimate of drug-likeness (QED) is 0.717. The molecule has 142 valence electrons. The van der Waals surface area contributed by atoms with Crippen LogP contribution in [-0.4, -0.2) is 40.1 Å². The molecule has 5 rings (SSSR count). The van der Waals surface area contributed by atoms with Gasteiger partial charge in [-0.3, -0.25) is 9.88 Å². The Balaban J connectivity index is 1.55. The predicted octanol–water partition coefficient (Wildman–Crippen LogP) is 3.85. The van der Waals surface area contributed by atoms with Gasteiger partial charge in [0, 0.05) is 19.3 Å². The molecule has 5 heterocycles. The average molecular weight is 392 g/mol. The first-order chi connectivity index (χ1) is 13.6. The number of thiazole rings is 1. The van der Waals surface area contributed by atoms with Crippen molar-refractivity contribution in [2.45, 2.75) is 26.3 Å². The lowest BCUT2D eigenvalue weighted by Gasteiger charge is -2.35. The summed E-state index contributed by atoms with van der Waals surface area (Å²) in [6, 6.07) is 7.72. The van der Waals surface area contributed by atoms with Crippen LogP contribution in [0.5, 0.6) is 0 Å². The molecule has 28 heavy (non-hydrogen) atoms. The van der Waals surface area contributed by atoms with Crippen molar-refractivity contribution >= 4 is 34.6 Å². The van der Waals surface area contributed by atoms with Crippen LogP contribution in [0.25, 0.3) is 10.6 Å². The number of rotatable bonds is 2. The molecular formula is C20H20N6OS. The van der Waals surface area contributed by atoms with Crippen LogP contribution < -0.4 is 15.1 Å². The molecule has 0 radical (unpaired) electrons. The van der Waals surface area contributed by atoms with Gasteiger partial charge in [-0.15, -0.1) is 11.3 Å². The number of fused-ring (bicyclic) bond motifs is 4. The lowest BCUT2D eigenvalue weighted by atomic mass is 10.1. The Kier molecular flexibility index (Phi) is 4.01. The van der Waals surface area contributed by atoms with Crippen molar-refractivity contribution in [1.29, 1.82) is 0 Å². The molecular weight excluding hydrogens is 372 g/mol. The second-order valence-electron chi connectivity index (χ2n) is 7.12. The summed E-state index contributed by atoms with van der Waals surface area (Å²) >= 11 is 1.63. The normalized spacial score (nSPS) is 17.6. The minimum Gasteiger partial charge on any atom is -0.366 e. The Morgan fingerprint density at radius 2 is 2.14 bits per heavy atom. The van der Waals surface area contributed by atoms with Crippen molar-refractivity contribution in [1.82, 2.24) is 15.0 Å². The van der Waals surface area contributed by atoms with E-state index in [2.05, 4.69) is 26.3 Å². The summed E-state index contributed by atoms with van der Waals surface area (Å²) in [6.45, 7) is 5.78. The Morgan fingerprint density at radius 3 is 2.89 bits per heavy atom. The minimum atomic E-state index is -0.164. The van der Waals surface area contributed by atoms with Crippen molar-refractivity contribution in [2.75, 3.05) is 28.2 Å². The molecule has 0 aromatic carbocycles. The highest BCUT2D eigenvalue weighted by atomic mass is 32.1. The maximum atomic E-state index is 13.2. The van der Waals surface area contributed by atoms with Crippen LogP contribution >= 0.6 is 11.3 Å². The number of amides is 2. The van der Waals surface area contributed by atoms with Crippen LogP contribution in [0.15, 0.2) is 36.7 Å². The van der Waals surface area contributed by atoms with Crippen LogP contribution in [0.4, 0.5) is 22.0 Å². The third kappa shape index (κ3) is 2.80. The summed E-state index contributed by atoms with van der Waals surface area (Å²) in [6.07, 6.45) is 4.27. The highest BCUT2D eigenvalue weighted by Gasteiger charge is 2.40. The van der Waals surface area contributed by atoms with Crippen LogP contribution in [0.3, 0.4) is 0 Å². The molecule has 3 aromatic rings. The SMILES string of the molecule is Cc1nc(C)c(-c2ccc3c(n2)N(C(=O)Nc2cccnc2)[C@H]2CCN3C2)s1. The molecule has 2 aliphatic rings. The summed E-state index contributed by atoms with van der Waals surface area (Å²) in [7, 11) is 0. The van der Waals surface area contributed by atoms with Crippen molar-refractivity contribution < 1.29 is 4.79 Å². The Bertz CT molecular complexity index is 1050. The number of nitrogens with one attached hydrogen (secondary N) is 1. The van der Waals surface area contributed by atoms with Gasteiger partial charge in [-0.2, -0.15) is 0 Å². The fourth-order valence-electron chi connectivity index (χ4n) is 3.99. The maximum Gasteiger partial charge on any atom is 0.327 e. The third-order valence-corrected chi connectivity index (χ3v) is 6.32. The number of urea groups is 1. The molecule has 0 spiro atoms. The van der Waals surface area contributed by atoms with Gasteiger partial charge in [0.15, 0.2) is 5.82 Å². The van der Waals surface area contributed by atoms with Gasteiger partial charge in [0.25, 0.3) is 0 Å². The van der Waals surface area contributed by atoms with Crippen molar-refractivity contribution in [3.63, 3.8) is 0 Å². The van der Waals surface area contributed by atoms with E-state index in [4.69, 9.17) is 4.98 Å². The van der Waals surface area contributed by atoms with Crippen LogP contribution in [0.2, 0.25) is 0 Å². The Morgan fingerprint density at radius 1 is 1.25 bits per heavy atom. The van der Waals surface area contributed by atoms with E-state index in [1.54, 1.807) is 23.7 Å². The van der Waals surface area contributed by atoms with Gasteiger partial charge in [-0.1, -0.05) is 0 Å². The molecule has 2 aliphatic heterocycles. The molecule has 8 heteroatoms. The zero-order valence-electron chi connectivity index (χ0n) is 15.7. The van der Waals surface area contributed by atoms with E-state index >= 15 is 0 Å². The summed E-state index contributed by atoms with van der Waals surface area (Å²) in [5, 5.41) is 3.98. The molecule has 2 bridgehead atoms. The molecule has 1 saturated heterocycles. The summed E-state index contributed by atoms with van der Waals surface area (Å²) in [4.78, 5) is 31.9. The molecule has 3 aromatic heterocycles. The smallest absolute Gasteiger partial charge is 0.327 e. The number of hydrogen-bond acceptors (Lipinski definition) is 6. The lowest BCUT2D eigenvalue weighted by Crippen LogP contribution is -2.48. The number of hydrogen-bond donors (Lipinski definition) is 1. The number of anilines is 3. The number of carbonyl (C=O) groups is 1. The van der Waals surface area contributed by atoms with Gasteiger partial charge in [0.2, 0.25) is 0 Å². The zero-order chi connectivity index (χ0) is 19.3. The minimum absolute atomic E-state index is 0.121. The molecule has 1 atom stereocenters. The third-order valence-electron chi connectivity index (χ3n) is 5.22. The highest BCUT2D eigenvalue weighted by Crippen LogP contribution is 2.41. The van der Waals surface area contributed by atoms with Crippen molar-refractivity contribution in [3.05, 3.63) is 47.4 Å². The maximum absolute atomic E-state index is 13.2. The van der Waals surface area contributed by atoms with E-state index in [1.807, 2.05) is 36.9 Å². The van der Waals surface area contributed by atoms with Crippen molar-refractivity contribution in [3.8, 4) is 10.6 Å². The van der Waals surface area contributed by atoms with Gasteiger partial charge in [-0.05, 0) is 44.5 Å². The number of aromatic nitrogens is 3. The average Bonchev–Trinajstić information content (AvgIpc) is 3.26.